The summed E-state index contributed by atoms with van der Waals surface area (Å²) in [5.74, 6) is -0.307. The Hall–Kier alpha value is -0.340. The molecule has 0 fully saturated rings. The fourth-order valence-electron chi connectivity index (χ4n) is 1.62. The van der Waals surface area contributed by atoms with Gasteiger partial charge in [0.05, 0.1) is 0 Å². The largest absolute Gasteiger partial charge is 0.350 e. The highest BCUT2D eigenvalue weighted by Crippen LogP contribution is 2.28. The van der Waals surface area contributed by atoms with E-state index in [4.69, 9.17) is 9.47 Å². The summed E-state index contributed by atoms with van der Waals surface area (Å²) in [5, 5.41) is 0. The van der Waals surface area contributed by atoms with Crippen LogP contribution >= 0.6 is 0 Å². The Morgan fingerprint density at radius 3 is 2.25 bits per heavy atom. The lowest BCUT2D eigenvalue weighted by Crippen LogP contribution is -2.36. The zero-order valence-corrected chi connectivity index (χ0v) is 8.01. The molecule has 1 aliphatic rings. The van der Waals surface area contributed by atoms with Gasteiger partial charge < -0.3 is 9.47 Å². The fraction of sp³-hybridized carbons (Fsp3) is 0.800. The molecule has 0 aliphatic heterocycles. The molecule has 0 unspecified atom stereocenters. The molecule has 0 N–H and O–H groups in total. The summed E-state index contributed by atoms with van der Waals surface area (Å²) in [6.45, 7) is 5.49. The average molecular weight is 170 g/mol. The predicted octanol–water partition coefficient (Wildman–Crippen LogP) is 2.50. The van der Waals surface area contributed by atoms with Crippen molar-refractivity contribution in [2.45, 2.75) is 38.9 Å². The van der Waals surface area contributed by atoms with Crippen LogP contribution in [0.5, 0.6) is 0 Å². The van der Waals surface area contributed by atoms with Crippen molar-refractivity contribution in [2.75, 3.05) is 13.2 Å². The SMILES string of the molecule is CCOC1(OCC)CC=CCC1. The molecule has 12 heavy (non-hydrogen) atoms. The van der Waals surface area contributed by atoms with Crippen molar-refractivity contribution in [3.8, 4) is 0 Å². The second-order valence-electron chi connectivity index (χ2n) is 2.99. The summed E-state index contributed by atoms with van der Waals surface area (Å²) >= 11 is 0. The van der Waals surface area contributed by atoms with Gasteiger partial charge in [0.15, 0.2) is 5.79 Å². The molecule has 0 aromatic heterocycles. The standard InChI is InChI=1S/C10H18O2/c1-3-11-10(12-4-2)8-6-5-7-9-10/h5-6H,3-4,7-9H2,1-2H3. The van der Waals surface area contributed by atoms with Crippen LogP contribution in [0.3, 0.4) is 0 Å². The van der Waals surface area contributed by atoms with E-state index >= 15 is 0 Å². The maximum Gasteiger partial charge on any atom is 0.171 e. The number of rotatable bonds is 4. The van der Waals surface area contributed by atoms with Crippen molar-refractivity contribution >= 4 is 0 Å². The van der Waals surface area contributed by atoms with Crippen LogP contribution in [0.25, 0.3) is 0 Å². The summed E-state index contributed by atoms with van der Waals surface area (Å²) in [5.41, 5.74) is 0. The van der Waals surface area contributed by atoms with Crippen molar-refractivity contribution in [1.82, 2.24) is 0 Å². The molecule has 0 heterocycles. The minimum absolute atomic E-state index is 0.307. The van der Waals surface area contributed by atoms with E-state index < -0.39 is 0 Å². The third-order valence-corrected chi connectivity index (χ3v) is 2.10. The van der Waals surface area contributed by atoms with Gasteiger partial charge in [-0.25, -0.2) is 0 Å². The van der Waals surface area contributed by atoms with Crippen LogP contribution in [0.4, 0.5) is 0 Å². The summed E-state index contributed by atoms with van der Waals surface area (Å²) in [6, 6.07) is 0. The normalized spacial score (nSPS) is 21.2. The molecule has 0 aromatic carbocycles. The first-order valence-electron chi connectivity index (χ1n) is 4.76. The molecule has 0 saturated carbocycles. The van der Waals surface area contributed by atoms with Crippen LogP contribution in [0, 0.1) is 0 Å². The van der Waals surface area contributed by atoms with Crippen LogP contribution in [0.2, 0.25) is 0 Å². The molecule has 0 atom stereocenters. The summed E-state index contributed by atoms with van der Waals surface area (Å²) in [7, 11) is 0. The van der Waals surface area contributed by atoms with Gasteiger partial charge in [-0.05, 0) is 20.3 Å². The lowest BCUT2D eigenvalue weighted by Gasteiger charge is -2.34. The van der Waals surface area contributed by atoms with E-state index in [-0.39, 0.29) is 5.79 Å². The minimum atomic E-state index is -0.307. The Morgan fingerprint density at radius 2 is 1.83 bits per heavy atom. The zero-order chi connectivity index (χ0) is 8.86. The topological polar surface area (TPSA) is 18.5 Å². The van der Waals surface area contributed by atoms with Crippen LogP contribution < -0.4 is 0 Å². The molecule has 0 amide bonds. The van der Waals surface area contributed by atoms with Gasteiger partial charge in [-0.15, -0.1) is 0 Å². The highest BCUT2D eigenvalue weighted by Gasteiger charge is 2.30. The lowest BCUT2D eigenvalue weighted by molar-refractivity contribution is -0.235. The number of allylic oxidation sites excluding steroid dienone is 1. The highest BCUT2D eigenvalue weighted by molar-refractivity contribution is 4.95. The fourth-order valence-corrected chi connectivity index (χ4v) is 1.62. The monoisotopic (exact) mass is 170 g/mol. The Labute approximate surface area is 74.6 Å². The molecule has 1 rings (SSSR count). The molecule has 0 aromatic rings. The maximum absolute atomic E-state index is 5.64. The van der Waals surface area contributed by atoms with Gasteiger partial charge in [-0.1, -0.05) is 12.2 Å². The van der Waals surface area contributed by atoms with E-state index in [2.05, 4.69) is 12.2 Å². The Balaban J connectivity index is 2.51. The molecule has 2 heteroatoms. The summed E-state index contributed by atoms with van der Waals surface area (Å²) in [6.07, 6.45) is 7.30. The second-order valence-corrected chi connectivity index (χ2v) is 2.99. The van der Waals surface area contributed by atoms with Gasteiger partial charge in [0.2, 0.25) is 0 Å². The van der Waals surface area contributed by atoms with Gasteiger partial charge in [-0.2, -0.15) is 0 Å². The number of hydrogen-bond acceptors (Lipinski definition) is 2. The average Bonchev–Trinajstić information content (AvgIpc) is 2.07. The Morgan fingerprint density at radius 1 is 1.17 bits per heavy atom. The number of ether oxygens (including phenoxy) is 2. The lowest BCUT2D eigenvalue weighted by atomic mass is 10.0. The molecule has 0 saturated heterocycles. The molecular weight excluding hydrogens is 152 g/mol. The quantitative estimate of drug-likeness (QED) is 0.476. The summed E-state index contributed by atoms with van der Waals surface area (Å²) < 4.78 is 11.3. The van der Waals surface area contributed by atoms with Crippen LogP contribution in [-0.4, -0.2) is 19.0 Å². The first-order chi connectivity index (χ1) is 5.83. The van der Waals surface area contributed by atoms with E-state index in [9.17, 15) is 0 Å². The molecular formula is C10H18O2. The molecule has 70 valence electrons. The smallest absolute Gasteiger partial charge is 0.171 e. The van der Waals surface area contributed by atoms with Gasteiger partial charge >= 0.3 is 0 Å². The van der Waals surface area contributed by atoms with E-state index in [1.165, 1.54) is 0 Å². The van der Waals surface area contributed by atoms with E-state index in [0.717, 1.165) is 32.5 Å². The molecule has 0 bridgehead atoms. The second kappa shape index (κ2) is 4.63. The Kier molecular flexibility index (Phi) is 3.76. The molecule has 2 nitrogen and oxygen atoms in total. The van der Waals surface area contributed by atoms with Crippen LogP contribution in [0.1, 0.15) is 33.1 Å². The van der Waals surface area contributed by atoms with Crippen molar-refractivity contribution < 1.29 is 9.47 Å². The van der Waals surface area contributed by atoms with Gasteiger partial charge in [0.25, 0.3) is 0 Å². The minimum Gasteiger partial charge on any atom is -0.350 e. The first kappa shape index (κ1) is 9.75. The molecule has 1 aliphatic carbocycles. The van der Waals surface area contributed by atoms with E-state index in [1.54, 1.807) is 0 Å². The first-order valence-corrected chi connectivity index (χ1v) is 4.76. The summed E-state index contributed by atoms with van der Waals surface area (Å²) in [4.78, 5) is 0. The van der Waals surface area contributed by atoms with Gasteiger partial charge in [-0.3, -0.25) is 0 Å². The zero-order valence-electron chi connectivity index (χ0n) is 8.01. The van der Waals surface area contributed by atoms with Gasteiger partial charge in [0.1, 0.15) is 0 Å². The molecule has 0 spiro atoms. The van der Waals surface area contributed by atoms with Gasteiger partial charge in [0, 0.05) is 26.1 Å². The van der Waals surface area contributed by atoms with Crippen molar-refractivity contribution in [1.29, 1.82) is 0 Å². The van der Waals surface area contributed by atoms with Crippen molar-refractivity contribution in [2.24, 2.45) is 0 Å². The van der Waals surface area contributed by atoms with Crippen molar-refractivity contribution in [3.05, 3.63) is 12.2 Å². The van der Waals surface area contributed by atoms with E-state index in [0.29, 0.717) is 0 Å². The molecule has 0 radical (unpaired) electrons. The highest BCUT2D eigenvalue weighted by atomic mass is 16.7. The Bertz CT molecular complexity index is 146. The van der Waals surface area contributed by atoms with E-state index in [1.807, 2.05) is 13.8 Å². The third kappa shape index (κ3) is 2.32. The predicted molar refractivity (Wildman–Crippen MR) is 49.0 cm³/mol. The van der Waals surface area contributed by atoms with Crippen molar-refractivity contribution in [3.63, 3.8) is 0 Å². The van der Waals surface area contributed by atoms with Crippen LogP contribution in [-0.2, 0) is 9.47 Å². The number of hydrogen-bond donors (Lipinski definition) is 0. The van der Waals surface area contributed by atoms with Crippen LogP contribution in [0.15, 0.2) is 12.2 Å². The maximum atomic E-state index is 5.64. The third-order valence-electron chi connectivity index (χ3n) is 2.10.